The van der Waals surface area contributed by atoms with Crippen molar-refractivity contribution in [1.29, 1.82) is 0 Å². The third kappa shape index (κ3) is 3.31. The quantitative estimate of drug-likeness (QED) is 0.408. The number of aromatic amines is 1. The Morgan fingerprint density at radius 2 is 1.85 bits per heavy atom. The van der Waals surface area contributed by atoms with Crippen LogP contribution in [0.3, 0.4) is 0 Å². The molecule has 2 aliphatic rings. The Hall–Kier alpha value is -3.26. The van der Waals surface area contributed by atoms with Gasteiger partial charge in [-0.25, -0.2) is 8.78 Å². The molecular weight excluding hydrogens is 440 g/mol. The van der Waals surface area contributed by atoms with Gasteiger partial charge >= 0.3 is 5.97 Å². The highest BCUT2D eigenvalue weighted by molar-refractivity contribution is 6.00. The number of aromatic nitrogens is 3. The SMILES string of the molecule is O=C(O)C1CCC(c2c(C3CCOCC3)n(-c3ccc(F)cc3)c3cc4cn[nH]c4c(F)c23)C1. The Morgan fingerprint density at radius 3 is 2.56 bits per heavy atom. The molecule has 1 aliphatic heterocycles. The molecular formula is C26H25F2N3O3. The van der Waals surface area contributed by atoms with Gasteiger partial charge < -0.3 is 14.4 Å². The third-order valence-corrected chi connectivity index (χ3v) is 7.57. The Balaban J connectivity index is 1.69. The molecule has 1 saturated carbocycles. The van der Waals surface area contributed by atoms with E-state index in [9.17, 15) is 14.3 Å². The second-order valence-corrected chi connectivity index (χ2v) is 9.46. The van der Waals surface area contributed by atoms with E-state index in [2.05, 4.69) is 14.8 Å². The van der Waals surface area contributed by atoms with Gasteiger partial charge in [0.25, 0.3) is 0 Å². The minimum atomic E-state index is -0.797. The van der Waals surface area contributed by atoms with Crippen molar-refractivity contribution in [3.05, 3.63) is 59.4 Å². The van der Waals surface area contributed by atoms with E-state index in [-0.39, 0.29) is 23.5 Å². The Bertz CT molecular complexity index is 1390. The summed E-state index contributed by atoms with van der Waals surface area (Å²) in [5, 5.41) is 17.6. The van der Waals surface area contributed by atoms with E-state index in [1.165, 1.54) is 12.1 Å². The van der Waals surface area contributed by atoms with Crippen LogP contribution in [-0.2, 0) is 9.53 Å². The summed E-state index contributed by atoms with van der Waals surface area (Å²) in [6, 6.07) is 8.19. The number of aliphatic carboxylic acids is 1. The number of carboxylic acid groups (broad SMARTS) is 1. The number of rotatable bonds is 4. The van der Waals surface area contributed by atoms with E-state index in [1.54, 1.807) is 18.3 Å². The number of carbonyl (C=O) groups is 1. The summed E-state index contributed by atoms with van der Waals surface area (Å²) in [6.45, 7) is 1.23. The average molecular weight is 466 g/mol. The summed E-state index contributed by atoms with van der Waals surface area (Å²) in [6.07, 6.45) is 4.93. The van der Waals surface area contributed by atoms with Crippen LogP contribution in [0.5, 0.6) is 0 Å². The average Bonchev–Trinajstić information content (AvgIpc) is 3.58. The van der Waals surface area contributed by atoms with Crippen LogP contribution >= 0.6 is 0 Å². The van der Waals surface area contributed by atoms with Crippen molar-refractivity contribution in [2.24, 2.45) is 5.92 Å². The fraction of sp³-hybridized carbons (Fsp3) is 0.385. The molecule has 8 heteroatoms. The smallest absolute Gasteiger partial charge is 0.306 e. The molecule has 0 bridgehead atoms. The predicted octanol–water partition coefficient (Wildman–Crippen LogP) is 5.65. The second kappa shape index (κ2) is 8.20. The van der Waals surface area contributed by atoms with Crippen LogP contribution in [0, 0.1) is 17.6 Å². The summed E-state index contributed by atoms with van der Waals surface area (Å²) in [5.74, 6) is -1.88. The molecule has 2 unspecified atom stereocenters. The number of fused-ring (bicyclic) bond motifs is 2. The van der Waals surface area contributed by atoms with Crippen molar-refractivity contribution in [3.63, 3.8) is 0 Å². The second-order valence-electron chi connectivity index (χ2n) is 9.46. The van der Waals surface area contributed by atoms with Gasteiger partial charge in [0.15, 0.2) is 5.82 Å². The van der Waals surface area contributed by atoms with Gasteiger partial charge in [0.2, 0.25) is 0 Å². The number of nitrogens with zero attached hydrogens (tertiary/aromatic N) is 2. The van der Waals surface area contributed by atoms with Crippen molar-refractivity contribution >= 4 is 27.8 Å². The lowest BCUT2D eigenvalue weighted by molar-refractivity contribution is -0.141. The first-order valence-corrected chi connectivity index (χ1v) is 11.8. The number of H-pyrrole nitrogens is 1. The highest BCUT2D eigenvalue weighted by Gasteiger charge is 2.38. The summed E-state index contributed by atoms with van der Waals surface area (Å²) < 4.78 is 37.6. The molecule has 1 aliphatic carbocycles. The van der Waals surface area contributed by atoms with E-state index < -0.39 is 11.9 Å². The highest BCUT2D eigenvalue weighted by Crippen LogP contribution is 2.49. The van der Waals surface area contributed by atoms with Crippen LogP contribution in [0.15, 0.2) is 36.5 Å². The number of benzene rings is 2. The van der Waals surface area contributed by atoms with Gasteiger partial charge in [-0.05, 0) is 73.9 Å². The maximum Gasteiger partial charge on any atom is 0.306 e. The molecule has 2 N–H and O–H groups in total. The monoisotopic (exact) mass is 465 g/mol. The van der Waals surface area contributed by atoms with Crippen LogP contribution in [0.2, 0.25) is 0 Å². The zero-order valence-electron chi connectivity index (χ0n) is 18.6. The highest BCUT2D eigenvalue weighted by atomic mass is 19.1. The molecule has 176 valence electrons. The molecule has 0 spiro atoms. The maximum absolute atomic E-state index is 16.1. The molecule has 1 saturated heterocycles. The van der Waals surface area contributed by atoms with Crippen molar-refractivity contribution in [2.75, 3.05) is 13.2 Å². The van der Waals surface area contributed by atoms with Gasteiger partial charge in [0, 0.05) is 41.3 Å². The van der Waals surface area contributed by atoms with E-state index in [4.69, 9.17) is 4.74 Å². The molecule has 4 aromatic rings. The minimum Gasteiger partial charge on any atom is -0.481 e. The van der Waals surface area contributed by atoms with E-state index in [1.807, 2.05) is 6.07 Å². The number of nitrogens with one attached hydrogen (secondary N) is 1. The summed E-state index contributed by atoms with van der Waals surface area (Å²) in [4.78, 5) is 11.7. The van der Waals surface area contributed by atoms with Crippen molar-refractivity contribution < 1.29 is 23.4 Å². The summed E-state index contributed by atoms with van der Waals surface area (Å²) >= 11 is 0. The van der Waals surface area contributed by atoms with E-state index in [0.717, 1.165) is 29.8 Å². The maximum atomic E-state index is 16.1. The van der Waals surface area contributed by atoms with Gasteiger partial charge in [-0.15, -0.1) is 0 Å². The number of ether oxygens (including phenoxy) is 1. The van der Waals surface area contributed by atoms with Gasteiger partial charge in [-0.1, -0.05) is 0 Å². The number of halogens is 2. The molecule has 0 radical (unpaired) electrons. The lowest BCUT2D eigenvalue weighted by atomic mass is 9.86. The molecule has 2 aromatic carbocycles. The molecule has 34 heavy (non-hydrogen) atoms. The molecule has 3 heterocycles. The van der Waals surface area contributed by atoms with E-state index >= 15 is 4.39 Å². The Kier molecular flexibility index (Phi) is 5.13. The first-order valence-electron chi connectivity index (χ1n) is 11.8. The molecule has 2 atom stereocenters. The van der Waals surface area contributed by atoms with Crippen molar-refractivity contribution in [1.82, 2.24) is 14.8 Å². The molecule has 2 aromatic heterocycles. The minimum absolute atomic E-state index is 0.0713. The zero-order valence-corrected chi connectivity index (χ0v) is 18.6. The summed E-state index contributed by atoms with van der Waals surface area (Å²) in [7, 11) is 0. The first-order chi connectivity index (χ1) is 16.5. The zero-order chi connectivity index (χ0) is 23.4. The van der Waals surface area contributed by atoms with Crippen LogP contribution in [0.25, 0.3) is 27.5 Å². The molecule has 0 amide bonds. The lowest BCUT2D eigenvalue weighted by Gasteiger charge is -2.27. The number of hydrogen-bond donors (Lipinski definition) is 2. The first kappa shape index (κ1) is 21.3. The van der Waals surface area contributed by atoms with Crippen LogP contribution in [0.4, 0.5) is 8.78 Å². The van der Waals surface area contributed by atoms with Crippen molar-refractivity contribution in [2.45, 2.75) is 43.9 Å². The van der Waals surface area contributed by atoms with Crippen LogP contribution < -0.4 is 0 Å². The van der Waals surface area contributed by atoms with Gasteiger partial charge in [0.1, 0.15) is 11.3 Å². The molecule has 6 nitrogen and oxygen atoms in total. The van der Waals surface area contributed by atoms with Crippen LogP contribution in [-0.4, -0.2) is 39.1 Å². The standard InChI is InChI=1S/C26H25F2N3O3/c27-18-3-5-19(6-4-18)31-20-12-17-13-29-30-24(17)23(28)22(20)21(15-1-2-16(11-15)26(32)33)25(31)14-7-9-34-10-8-14/h3-6,12-16H,1-2,7-11H2,(H,29,30)(H,32,33). The van der Waals surface area contributed by atoms with Gasteiger partial charge in [-0.3, -0.25) is 9.89 Å². The third-order valence-electron chi connectivity index (χ3n) is 7.57. The fourth-order valence-electron chi connectivity index (χ4n) is 5.97. The Morgan fingerprint density at radius 1 is 1.09 bits per heavy atom. The van der Waals surface area contributed by atoms with Crippen molar-refractivity contribution in [3.8, 4) is 5.69 Å². The largest absolute Gasteiger partial charge is 0.481 e. The summed E-state index contributed by atoms with van der Waals surface area (Å²) in [5.41, 5.74) is 3.70. The lowest BCUT2D eigenvalue weighted by Crippen LogP contribution is -2.19. The van der Waals surface area contributed by atoms with E-state index in [0.29, 0.717) is 54.3 Å². The number of carboxylic acids is 1. The van der Waals surface area contributed by atoms with Gasteiger partial charge in [0.05, 0.1) is 17.6 Å². The number of hydrogen-bond acceptors (Lipinski definition) is 3. The van der Waals surface area contributed by atoms with Gasteiger partial charge in [-0.2, -0.15) is 5.10 Å². The molecule has 2 fully saturated rings. The fourth-order valence-corrected chi connectivity index (χ4v) is 5.97. The Labute approximate surface area is 194 Å². The van der Waals surface area contributed by atoms with Crippen LogP contribution in [0.1, 0.15) is 55.2 Å². The predicted molar refractivity (Wildman–Crippen MR) is 123 cm³/mol. The molecule has 6 rings (SSSR count). The normalized spacial score (nSPS) is 21.6. The topological polar surface area (TPSA) is 80.1 Å².